The van der Waals surface area contributed by atoms with Crippen LogP contribution < -0.4 is 0 Å². The van der Waals surface area contributed by atoms with Crippen molar-refractivity contribution in [3.8, 4) is 5.75 Å². The summed E-state index contributed by atoms with van der Waals surface area (Å²) in [4.78, 5) is 11.1. The van der Waals surface area contributed by atoms with Crippen LogP contribution in [0.2, 0.25) is 5.02 Å². The second-order valence-electron chi connectivity index (χ2n) is 2.48. The van der Waals surface area contributed by atoms with Gasteiger partial charge in [0.15, 0.2) is 11.6 Å². The molecule has 1 rings (SSSR count). The van der Waals surface area contributed by atoms with E-state index >= 15 is 0 Å². The minimum atomic E-state index is -1.02. The summed E-state index contributed by atoms with van der Waals surface area (Å²) in [6, 6.07) is 2.39. The Morgan fingerprint density at radius 2 is 2.29 bits per heavy atom. The van der Waals surface area contributed by atoms with Crippen LogP contribution in [0.5, 0.6) is 5.75 Å². The normalized spacial score (nSPS) is 9.93. The number of esters is 1. The number of hydrogen-bond donors (Lipinski definition) is 1. The van der Waals surface area contributed by atoms with E-state index < -0.39 is 17.5 Å². The Balaban J connectivity index is 3.11. The third-order valence-electron chi connectivity index (χ3n) is 1.56. The number of ether oxygens (including phenoxy) is 1. The van der Waals surface area contributed by atoms with Gasteiger partial charge in [-0.15, -0.1) is 0 Å². The van der Waals surface area contributed by atoms with Gasteiger partial charge in [0, 0.05) is 0 Å². The van der Waals surface area contributed by atoms with Gasteiger partial charge in [-0.1, -0.05) is 11.6 Å². The molecule has 0 heterocycles. The van der Waals surface area contributed by atoms with Gasteiger partial charge in [-0.3, -0.25) is 0 Å². The topological polar surface area (TPSA) is 46.5 Å². The number of carbonyl (C=O) groups excluding carboxylic acids is 1. The van der Waals surface area contributed by atoms with Crippen LogP contribution in [0.4, 0.5) is 4.39 Å². The van der Waals surface area contributed by atoms with E-state index in [9.17, 15) is 14.3 Å². The Morgan fingerprint density at radius 1 is 1.64 bits per heavy atom. The lowest BCUT2D eigenvalue weighted by Gasteiger charge is -2.05. The van der Waals surface area contributed by atoms with Crippen LogP contribution in [0.25, 0.3) is 0 Å². The van der Waals surface area contributed by atoms with E-state index in [0.717, 1.165) is 0 Å². The van der Waals surface area contributed by atoms with Crippen molar-refractivity contribution in [2.24, 2.45) is 0 Å². The molecule has 76 valence electrons. The molecule has 1 N–H and O–H groups in total. The lowest BCUT2D eigenvalue weighted by molar-refractivity contribution is 0.0522. The maximum atomic E-state index is 13.0. The highest BCUT2D eigenvalue weighted by atomic mass is 35.5. The predicted molar refractivity (Wildman–Crippen MR) is 49.0 cm³/mol. The summed E-state index contributed by atoms with van der Waals surface area (Å²) < 4.78 is 17.6. The standard InChI is InChI=1S/C9H8ClFO3/c1-2-14-9(13)5-3-4-6(10)7(11)8(5)12/h3-4,12H,2H2,1H3. The van der Waals surface area contributed by atoms with E-state index in [1.807, 2.05) is 0 Å². The Labute approximate surface area is 85.1 Å². The number of benzene rings is 1. The average molecular weight is 219 g/mol. The Kier molecular flexibility index (Phi) is 3.30. The van der Waals surface area contributed by atoms with E-state index in [0.29, 0.717) is 0 Å². The summed E-state index contributed by atoms with van der Waals surface area (Å²) in [5.74, 6) is -2.58. The lowest BCUT2D eigenvalue weighted by Crippen LogP contribution is -2.05. The largest absolute Gasteiger partial charge is 0.504 e. The number of hydrogen-bond acceptors (Lipinski definition) is 3. The van der Waals surface area contributed by atoms with Gasteiger partial charge in [0.05, 0.1) is 11.6 Å². The molecule has 1 aromatic carbocycles. The number of halogens is 2. The molecule has 0 amide bonds. The van der Waals surface area contributed by atoms with E-state index in [1.165, 1.54) is 12.1 Å². The molecule has 1 aromatic rings. The van der Waals surface area contributed by atoms with Crippen molar-refractivity contribution in [3.05, 3.63) is 28.5 Å². The molecule has 0 spiro atoms. The minimum Gasteiger partial charge on any atom is -0.504 e. The van der Waals surface area contributed by atoms with Crippen molar-refractivity contribution in [3.63, 3.8) is 0 Å². The fraction of sp³-hybridized carbons (Fsp3) is 0.222. The molecule has 14 heavy (non-hydrogen) atoms. The molecule has 0 saturated heterocycles. The van der Waals surface area contributed by atoms with E-state index in [-0.39, 0.29) is 17.2 Å². The number of carbonyl (C=O) groups is 1. The molecule has 0 saturated carbocycles. The van der Waals surface area contributed by atoms with Crippen LogP contribution in [0.1, 0.15) is 17.3 Å². The zero-order valence-electron chi connectivity index (χ0n) is 7.38. The smallest absolute Gasteiger partial charge is 0.342 e. The van der Waals surface area contributed by atoms with Crippen molar-refractivity contribution in [2.45, 2.75) is 6.92 Å². The highest BCUT2D eigenvalue weighted by molar-refractivity contribution is 6.31. The average Bonchev–Trinajstić information content (AvgIpc) is 2.15. The molecule has 0 aliphatic rings. The maximum Gasteiger partial charge on any atom is 0.342 e. The van der Waals surface area contributed by atoms with Gasteiger partial charge >= 0.3 is 5.97 Å². The van der Waals surface area contributed by atoms with Gasteiger partial charge in [-0.05, 0) is 19.1 Å². The SMILES string of the molecule is CCOC(=O)c1ccc(Cl)c(F)c1O. The van der Waals surface area contributed by atoms with Crippen LogP contribution in [0.15, 0.2) is 12.1 Å². The molecule has 0 unspecified atom stereocenters. The highest BCUT2D eigenvalue weighted by Gasteiger charge is 2.17. The zero-order chi connectivity index (χ0) is 10.7. The first-order valence-corrected chi connectivity index (χ1v) is 4.29. The molecule has 0 aromatic heterocycles. The molecular weight excluding hydrogens is 211 g/mol. The van der Waals surface area contributed by atoms with E-state index in [4.69, 9.17) is 11.6 Å². The van der Waals surface area contributed by atoms with Gasteiger partial charge in [-0.25, -0.2) is 9.18 Å². The number of phenolic OH excluding ortho intramolecular Hbond substituents is 1. The summed E-state index contributed by atoms with van der Waals surface area (Å²) in [5.41, 5.74) is -0.228. The molecule has 0 fully saturated rings. The lowest BCUT2D eigenvalue weighted by atomic mass is 10.2. The Morgan fingerprint density at radius 3 is 2.86 bits per heavy atom. The predicted octanol–water partition coefficient (Wildman–Crippen LogP) is 2.36. The van der Waals surface area contributed by atoms with E-state index in [1.54, 1.807) is 6.92 Å². The summed E-state index contributed by atoms with van der Waals surface area (Å²) in [6.45, 7) is 1.77. The molecule has 0 radical (unpaired) electrons. The van der Waals surface area contributed by atoms with Crippen LogP contribution in [-0.2, 0) is 4.74 Å². The third kappa shape index (κ3) is 1.96. The first-order chi connectivity index (χ1) is 6.57. The molecule has 3 nitrogen and oxygen atoms in total. The molecule has 0 bridgehead atoms. The van der Waals surface area contributed by atoms with Gasteiger partial charge in [0.25, 0.3) is 0 Å². The molecule has 0 aliphatic heterocycles. The van der Waals surface area contributed by atoms with Crippen LogP contribution in [0, 0.1) is 5.82 Å². The number of rotatable bonds is 2. The summed E-state index contributed by atoms with van der Waals surface area (Å²) >= 11 is 5.38. The molecule has 0 atom stereocenters. The Hall–Kier alpha value is -1.29. The number of phenols is 1. The fourth-order valence-electron chi connectivity index (χ4n) is 0.914. The molecule has 5 heteroatoms. The first-order valence-electron chi connectivity index (χ1n) is 3.92. The summed E-state index contributed by atoms with van der Waals surface area (Å²) in [5, 5.41) is 8.97. The monoisotopic (exact) mass is 218 g/mol. The quantitative estimate of drug-likeness (QED) is 0.776. The maximum absolute atomic E-state index is 13.0. The summed E-state index contributed by atoms with van der Waals surface area (Å²) in [7, 11) is 0. The van der Waals surface area contributed by atoms with Gasteiger partial charge in [0.1, 0.15) is 5.56 Å². The van der Waals surface area contributed by atoms with Gasteiger partial charge < -0.3 is 9.84 Å². The fourth-order valence-corrected chi connectivity index (χ4v) is 1.07. The van der Waals surface area contributed by atoms with Crippen LogP contribution in [0.3, 0.4) is 0 Å². The second kappa shape index (κ2) is 4.28. The Bertz CT molecular complexity index is 365. The number of aromatic hydroxyl groups is 1. The van der Waals surface area contributed by atoms with Crippen LogP contribution >= 0.6 is 11.6 Å². The van der Waals surface area contributed by atoms with Crippen LogP contribution in [-0.4, -0.2) is 17.7 Å². The van der Waals surface area contributed by atoms with Crippen molar-refractivity contribution in [1.29, 1.82) is 0 Å². The van der Waals surface area contributed by atoms with Crippen molar-refractivity contribution in [1.82, 2.24) is 0 Å². The zero-order valence-corrected chi connectivity index (χ0v) is 8.14. The summed E-state index contributed by atoms with van der Waals surface area (Å²) in [6.07, 6.45) is 0. The third-order valence-corrected chi connectivity index (χ3v) is 1.86. The van der Waals surface area contributed by atoms with Crippen molar-refractivity contribution in [2.75, 3.05) is 6.61 Å². The molecule has 0 aliphatic carbocycles. The van der Waals surface area contributed by atoms with E-state index in [2.05, 4.69) is 4.74 Å². The van der Waals surface area contributed by atoms with Crippen molar-refractivity contribution < 1.29 is 19.0 Å². The second-order valence-corrected chi connectivity index (χ2v) is 2.89. The van der Waals surface area contributed by atoms with Gasteiger partial charge in [-0.2, -0.15) is 0 Å². The first kappa shape index (κ1) is 10.8. The van der Waals surface area contributed by atoms with Gasteiger partial charge in [0.2, 0.25) is 0 Å². The minimum absolute atomic E-state index is 0.155. The van der Waals surface area contributed by atoms with Crippen molar-refractivity contribution >= 4 is 17.6 Å². The highest BCUT2D eigenvalue weighted by Crippen LogP contribution is 2.27. The molecular formula is C9H8ClFO3.